The van der Waals surface area contributed by atoms with Gasteiger partial charge in [-0.15, -0.1) is 0 Å². The first kappa shape index (κ1) is 14.2. The van der Waals surface area contributed by atoms with Crippen molar-refractivity contribution < 1.29 is 9.18 Å². The number of hydrogen-bond acceptors (Lipinski definition) is 2. The van der Waals surface area contributed by atoms with Crippen molar-refractivity contribution in [2.24, 2.45) is 5.73 Å². The van der Waals surface area contributed by atoms with E-state index in [1.54, 1.807) is 30.3 Å². The van der Waals surface area contributed by atoms with Crippen molar-refractivity contribution in [3.63, 3.8) is 0 Å². The second kappa shape index (κ2) is 5.82. The molecule has 5 heteroatoms. The Labute approximate surface area is 123 Å². The van der Waals surface area contributed by atoms with E-state index < -0.39 is 11.6 Å². The normalized spacial score (nSPS) is 10.5. The molecule has 0 aliphatic heterocycles. The number of rotatable bonds is 3. The smallest absolute Gasteiger partial charge is 0.196 e. The van der Waals surface area contributed by atoms with Gasteiger partial charge in [0.1, 0.15) is 0 Å². The largest absolute Gasteiger partial charge is 0.326 e. The van der Waals surface area contributed by atoms with Crippen molar-refractivity contribution >= 4 is 33.3 Å². The number of carbonyl (C=O) groups is 1. The second-order valence-electron chi connectivity index (χ2n) is 3.95. The molecule has 2 nitrogen and oxygen atoms in total. The molecule has 0 spiro atoms. The van der Waals surface area contributed by atoms with Crippen molar-refractivity contribution in [3.05, 3.63) is 68.4 Å². The van der Waals surface area contributed by atoms with Gasteiger partial charge in [-0.05, 0) is 33.6 Å². The maximum atomic E-state index is 13.9. The molecule has 0 saturated heterocycles. The molecule has 0 saturated carbocycles. The fourth-order valence-electron chi connectivity index (χ4n) is 1.65. The van der Waals surface area contributed by atoms with Gasteiger partial charge in [-0.1, -0.05) is 35.9 Å². The van der Waals surface area contributed by atoms with E-state index >= 15 is 0 Å². The van der Waals surface area contributed by atoms with Crippen LogP contribution in [0, 0.1) is 5.82 Å². The van der Waals surface area contributed by atoms with Crippen LogP contribution in [-0.2, 0) is 6.54 Å². The Morgan fingerprint density at radius 2 is 1.84 bits per heavy atom. The molecular formula is C14H10BrClFNO. The lowest BCUT2D eigenvalue weighted by atomic mass is 10.0. The molecule has 0 atom stereocenters. The Balaban J connectivity index is 2.41. The monoisotopic (exact) mass is 341 g/mol. The third-order valence-corrected chi connectivity index (χ3v) is 3.99. The zero-order valence-electron chi connectivity index (χ0n) is 9.79. The highest BCUT2D eigenvalue weighted by Crippen LogP contribution is 2.28. The van der Waals surface area contributed by atoms with Crippen LogP contribution < -0.4 is 5.73 Å². The summed E-state index contributed by atoms with van der Waals surface area (Å²) < 4.78 is 14.4. The number of benzene rings is 2. The summed E-state index contributed by atoms with van der Waals surface area (Å²) in [6, 6.07) is 9.69. The van der Waals surface area contributed by atoms with Crippen molar-refractivity contribution in [1.29, 1.82) is 0 Å². The molecule has 2 rings (SSSR count). The van der Waals surface area contributed by atoms with E-state index in [4.69, 9.17) is 17.3 Å². The summed E-state index contributed by atoms with van der Waals surface area (Å²) in [4.78, 5) is 12.2. The summed E-state index contributed by atoms with van der Waals surface area (Å²) in [5.41, 5.74) is 6.74. The van der Waals surface area contributed by atoms with Crippen molar-refractivity contribution in [2.45, 2.75) is 6.54 Å². The van der Waals surface area contributed by atoms with Crippen LogP contribution in [0.1, 0.15) is 21.5 Å². The predicted octanol–water partition coefficient (Wildman–Crippen LogP) is 3.93. The van der Waals surface area contributed by atoms with E-state index in [-0.39, 0.29) is 10.6 Å². The lowest BCUT2D eigenvalue weighted by molar-refractivity contribution is 0.103. The summed E-state index contributed by atoms with van der Waals surface area (Å²) in [5, 5.41) is -0.0931. The van der Waals surface area contributed by atoms with E-state index in [1.165, 1.54) is 6.07 Å². The predicted molar refractivity (Wildman–Crippen MR) is 76.9 cm³/mol. The zero-order valence-corrected chi connectivity index (χ0v) is 12.1. The second-order valence-corrected chi connectivity index (χ2v) is 5.19. The van der Waals surface area contributed by atoms with Gasteiger partial charge < -0.3 is 5.73 Å². The Hall–Kier alpha value is -1.23. The molecule has 0 radical (unpaired) electrons. The summed E-state index contributed by atoms with van der Waals surface area (Å²) in [7, 11) is 0. The molecule has 0 bridgehead atoms. The first-order chi connectivity index (χ1) is 9.04. The van der Waals surface area contributed by atoms with E-state index in [0.29, 0.717) is 16.6 Å². The minimum atomic E-state index is -0.719. The Morgan fingerprint density at radius 3 is 2.42 bits per heavy atom. The van der Waals surface area contributed by atoms with Crippen molar-refractivity contribution in [1.82, 2.24) is 0 Å². The molecule has 0 unspecified atom stereocenters. The standard InChI is InChI=1S/C14H10BrClFNO/c15-11-6-5-10(13(17)12(11)16)14(19)9-3-1-8(7-18)2-4-9/h1-6H,7,18H2. The summed E-state index contributed by atoms with van der Waals surface area (Å²) in [6.07, 6.45) is 0. The maximum Gasteiger partial charge on any atom is 0.196 e. The van der Waals surface area contributed by atoms with E-state index in [2.05, 4.69) is 15.9 Å². The number of halogens is 3. The van der Waals surface area contributed by atoms with Gasteiger partial charge in [-0.25, -0.2) is 4.39 Å². The number of hydrogen-bond donors (Lipinski definition) is 1. The molecule has 98 valence electrons. The number of ketones is 1. The maximum absolute atomic E-state index is 13.9. The first-order valence-corrected chi connectivity index (χ1v) is 6.69. The molecule has 2 aromatic rings. The number of carbonyl (C=O) groups excluding carboxylic acids is 1. The Morgan fingerprint density at radius 1 is 1.21 bits per heavy atom. The van der Waals surface area contributed by atoms with Gasteiger partial charge in [0.05, 0.1) is 10.6 Å². The average Bonchev–Trinajstić information content (AvgIpc) is 2.44. The van der Waals surface area contributed by atoms with Gasteiger partial charge in [0.15, 0.2) is 11.6 Å². The lowest BCUT2D eigenvalue weighted by Gasteiger charge is -2.06. The van der Waals surface area contributed by atoms with Crippen LogP contribution in [0.2, 0.25) is 5.02 Å². The van der Waals surface area contributed by atoms with Crippen LogP contribution in [0.25, 0.3) is 0 Å². The number of nitrogens with two attached hydrogens (primary N) is 1. The third kappa shape index (κ3) is 2.86. The van der Waals surface area contributed by atoms with Crippen molar-refractivity contribution in [3.8, 4) is 0 Å². The quantitative estimate of drug-likeness (QED) is 0.678. The third-order valence-electron chi connectivity index (χ3n) is 2.73. The van der Waals surface area contributed by atoms with Gasteiger partial charge in [0.2, 0.25) is 0 Å². The van der Waals surface area contributed by atoms with Gasteiger partial charge in [-0.3, -0.25) is 4.79 Å². The minimum Gasteiger partial charge on any atom is -0.326 e. The van der Waals surface area contributed by atoms with Crippen LogP contribution in [0.15, 0.2) is 40.9 Å². The topological polar surface area (TPSA) is 43.1 Å². The van der Waals surface area contributed by atoms with Gasteiger partial charge in [-0.2, -0.15) is 0 Å². The molecule has 0 aromatic heterocycles. The highest BCUT2D eigenvalue weighted by molar-refractivity contribution is 9.10. The summed E-state index contributed by atoms with van der Waals surface area (Å²) >= 11 is 8.88. The van der Waals surface area contributed by atoms with Gasteiger partial charge in [0, 0.05) is 16.6 Å². The van der Waals surface area contributed by atoms with Gasteiger partial charge >= 0.3 is 0 Å². The lowest BCUT2D eigenvalue weighted by Crippen LogP contribution is -2.05. The molecule has 0 aliphatic carbocycles. The molecule has 2 N–H and O–H groups in total. The van der Waals surface area contributed by atoms with Crippen LogP contribution in [0.3, 0.4) is 0 Å². The highest BCUT2D eigenvalue weighted by Gasteiger charge is 2.17. The molecule has 19 heavy (non-hydrogen) atoms. The van der Waals surface area contributed by atoms with E-state index in [1.807, 2.05) is 0 Å². The van der Waals surface area contributed by atoms with E-state index in [0.717, 1.165) is 5.56 Å². The molecule has 0 heterocycles. The summed E-state index contributed by atoms with van der Waals surface area (Å²) in [5.74, 6) is -1.13. The molecule has 0 aliphatic rings. The van der Waals surface area contributed by atoms with Gasteiger partial charge in [0.25, 0.3) is 0 Å². The van der Waals surface area contributed by atoms with Crippen LogP contribution >= 0.6 is 27.5 Å². The fourth-order valence-corrected chi connectivity index (χ4v) is 2.12. The molecular weight excluding hydrogens is 333 g/mol. The Kier molecular flexibility index (Phi) is 4.34. The van der Waals surface area contributed by atoms with Crippen LogP contribution in [-0.4, -0.2) is 5.78 Å². The SMILES string of the molecule is NCc1ccc(C(=O)c2ccc(Br)c(Cl)c2F)cc1. The van der Waals surface area contributed by atoms with E-state index in [9.17, 15) is 9.18 Å². The fraction of sp³-hybridized carbons (Fsp3) is 0.0714. The molecule has 0 fully saturated rings. The first-order valence-electron chi connectivity index (χ1n) is 5.51. The molecule has 0 amide bonds. The zero-order chi connectivity index (χ0) is 14.0. The Bertz CT molecular complexity index is 628. The summed E-state index contributed by atoms with van der Waals surface area (Å²) in [6.45, 7) is 0.396. The van der Waals surface area contributed by atoms with Crippen LogP contribution in [0.4, 0.5) is 4.39 Å². The van der Waals surface area contributed by atoms with Crippen LogP contribution in [0.5, 0.6) is 0 Å². The molecule has 2 aromatic carbocycles. The highest BCUT2D eigenvalue weighted by atomic mass is 79.9. The van der Waals surface area contributed by atoms with Crippen molar-refractivity contribution in [2.75, 3.05) is 0 Å². The average molecular weight is 343 g/mol. The minimum absolute atomic E-state index is 0.0475.